The quantitative estimate of drug-likeness (QED) is 0.738. The largest absolute Gasteiger partial charge is 0.381 e. The molecule has 150 valence electrons. The number of amides is 1. The van der Waals surface area contributed by atoms with Gasteiger partial charge in [0.1, 0.15) is 6.54 Å². The molecule has 1 aromatic carbocycles. The number of nitrogens with zero attached hydrogens (tertiary/aromatic N) is 4. The van der Waals surface area contributed by atoms with Crippen LogP contribution in [0.25, 0.3) is 0 Å². The van der Waals surface area contributed by atoms with E-state index in [0.717, 1.165) is 65.1 Å². The molecule has 0 bridgehead atoms. The van der Waals surface area contributed by atoms with E-state index >= 15 is 0 Å². The number of hydrogen-bond donors (Lipinski definition) is 0. The Morgan fingerprint density at radius 3 is 2.79 bits per heavy atom. The van der Waals surface area contributed by atoms with E-state index in [1.165, 1.54) is 11.1 Å². The molecule has 28 heavy (non-hydrogen) atoms. The van der Waals surface area contributed by atoms with E-state index in [2.05, 4.69) is 39.2 Å². The normalized spacial score (nSPS) is 18.0. The van der Waals surface area contributed by atoms with E-state index in [1.807, 2.05) is 12.3 Å². The molecule has 6 nitrogen and oxygen atoms in total. The number of carbonyl (C=O) groups is 1. The van der Waals surface area contributed by atoms with Gasteiger partial charge < -0.3 is 9.64 Å². The third kappa shape index (κ3) is 4.80. The Labute approximate surface area is 167 Å². The van der Waals surface area contributed by atoms with Crippen molar-refractivity contribution >= 4 is 5.91 Å². The highest BCUT2D eigenvalue weighted by Gasteiger charge is 2.26. The molecule has 0 saturated carbocycles. The number of benzene rings is 1. The number of aromatic nitrogens is 2. The van der Waals surface area contributed by atoms with Gasteiger partial charge in [-0.3, -0.25) is 14.4 Å². The van der Waals surface area contributed by atoms with Gasteiger partial charge >= 0.3 is 0 Å². The summed E-state index contributed by atoms with van der Waals surface area (Å²) in [5.74, 6) is 0.166. The Bertz CT molecular complexity index is 756. The summed E-state index contributed by atoms with van der Waals surface area (Å²) in [4.78, 5) is 17.6. The van der Waals surface area contributed by atoms with E-state index in [-0.39, 0.29) is 5.91 Å². The van der Waals surface area contributed by atoms with E-state index < -0.39 is 0 Å². The van der Waals surface area contributed by atoms with Crippen LogP contribution in [-0.2, 0) is 29.0 Å². The summed E-state index contributed by atoms with van der Waals surface area (Å²) in [5, 5.41) is 4.20. The molecular formula is C22H30N4O2. The van der Waals surface area contributed by atoms with Crippen molar-refractivity contribution in [2.75, 3.05) is 32.8 Å². The summed E-state index contributed by atoms with van der Waals surface area (Å²) in [7, 11) is 0. The van der Waals surface area contributed by atoms with Gasteiger partial charge in [0.25, 0.3) is 0 Å². The summed E-state index contributed by atoms with van der Waals surface area (Å²) in [6.45, 7) is 5.79. The van der Waals surface area contributed by atoms with Crippen LogP contribution in [0.5, 0.6) is 0 Å². The van der Waals surface area contributed by atoms with E-state index in [1.54, 1.807) is 10.9 Å². The molecule has 0 atom stereocenters. The Balaban J connectivity index is 1.32. The zero-order valence-electron chi connectivity index (χ0n) is 16.5. The van der Waals surface area contributed by atoms with Crippen LogP contribution in [0.2, 0.25) is 0 Å². The van der Waals surface area contributed by atoms with E-state index in [4.69, 9.17) is 4.74 Å². The van der Waals surface area contributed by atoms with Crippen molar-refractivity contribution in [2.24, 2.45) is 0 Å². The Morgan fingerprint density at radius 1 is 1.18 bits per heavy atom. The molecule has 0 aliphatic carbocycles. The Morgan fingerprint density at radius 2 is 2.00 bits per heavy atom. The maximum atomic E-state index is 13.0. The summed E-state index contributed by atoms with van der Waals surface area (Å²) >= 11 is 0. The van der Waals surface area contributed by atoms with Crippen molar-refractivity contribution in [3.63, 3.8) is 0 Å². The zero-order valence-corrected chi connectivity index (χ0v) is 16.5. The monoisotopic (exact) mass is 382 g/mol. The van der Waals surface area contributed by atoms with Crippen molar-refractivity contribution in [3.05, 3.63) is 53.9 Å². The fourth-order valence-corrected chi connectivity index (χ4v) is 4.34. The van der Waals surface area contributed by atoms with Crippen LogP contribution in [0, 0.1) is 0 Å². The molecule has 2 aromatic rings. The van der Waals surface area contributed by atoms with Crippen molar-refractivity contribution < 1.29 is 9.53 Å². The minimum Gasteiger partial charge on any atom is -0.381 e. The van der Waals surface area contributed by atoms with Gasteiger partial charge in [-0.1, -0.05) is 24.3 Å². The van der Waals surface area contributed by atoms with Crippen molar-refractivity contribution in [3.8, 4) is 0 Å². The van der Waals surface area contributed by atoms with Crippen LogP contribution < -0.4 is 0 Å². The minimum atomic E-state index is 0.166. The standard InChI is InChI=1S/C22H30N4O2/c27-22(18-25-12-3-10-23-25)26(21-8-15-28-16-9-21)13-4-11-24-14-7-19-5-1-2-6-20(19)17-24/h1-3,5-6,10,12,21H,4,7-9,11,13-18H2. The van der Waals surface area contributed by atoms with Crippen molar-refractivity contribution in [1.82, 2.24) is 19.6 Å². The van der Waals surface area contributed by atoms with Crippen LogP contribution in [0.4, 0.5) is 0 Å². The lowest BCUT2D eigenvalue weighted by Gasteiger charge is -2.35. The first-order valence-corrected chi connectivity index (χ1v) is 10.4. The molecule has 0 unspecified atom stereocenters. The molecule has 1 amide bonds. The molecule has 0 N–H and O–H groups in total. The summed E-state index contributed by atoms with van der Waals surface area (Å²) < 4.78 is 7.22. The lowest BCUT2D eigenvalue weighted by Crippen LogP contribution is -2.46. The molecule has 2 aliphatic rings. The van der Waals surface area contributed by atoms with Crippen LogP contribution in [0.1, 0.15) is 30.4 Å². The molecular weight excluding hydrogens is 352 g/mol. The van der Waals surface area contributed by atoms with Gasteiger partial charge in [0.2, 0.25) is 5.91 Å². The first-order chi connectivity index (χ1) is 13.8. The fourth-order valence-electron chi connectivity index (χ4n) is 4.34. The average Bonchev–Trinajstić information content (AvgIpc) is 3.24. The number of hydrogen-bond acceptors (Lipinski definition) is 4. The molecule has 2 aliphatic heterocycles. The zero-order chi connectivity index (χ0) is 19.2. The maximum Gasteiger partial charge on any atom is 0.244 e. The van der Waals surface area contributed by atoms with Crippen LogP contribution in [0.3, 0.4) is 0 Å². The summed E-state index contributed by atoms with van der Waals surface area (Å²) in [6, 6.07) is 10.9. The van der Waals surface area contributed by atoms with Crippen LogP contribution in [0.15, 0.2) is 42.7 Å². The molecule has 0 radical (unpaired) electrons. The van der Waals surface area contributed by atoms with Crippen LogP contribution in [-0.4, -0.2) is 64.4 Å². The molecule has 1 saturated heterocycles. The smallest absolute Gasteiger partial charge is 0.244 e. The first kappa shape index (κ1) is 19.2. The first-order valence-electron chi connectivity index (χ1n) is 10.4. The molecule has 1 fully saturated rings. The summed E-state index contributed by atoms with van der Waals surface area (Å²) in [5.41, 5.74) is 2.93. The minimum absolute atomic E-state index is 0.166. The predicted molar refractivity (Wildman–Crippen MR) is 108 cm³/mol. The van der Waals surface area contributed by atoms with Gasteiger partial charge in [0.15, 0.2) is 0 Å². The molecule has 0 spiro atoms. The highest BCUT2D eigenvalue weighted by atomic mass is 16.5. The van der Waals surface area contributed by atoms with Crippen molar-refractivity contribution in [2.45, 2.75) is 44.8 Å². The third-order valence-corrected chi connectivity index (χ3v) is 5.89. The van der Waals surface area contributed by atoms with E-state index in [0.29, 0.717) is 12.6 Å². The lowest BCUT2D eigenvalue weighted by molar-refractivity contribution is -0.136. The number of carbonyl (C=O) groups excluding carboxylic acids is 1. The topological polar surface area (TPSA) is 50.6 Å². The van der Waals surface area contributed by atoms with Gasteiger partial charge in [-0.25, -0.2) is 0 Å². The second kappa shape index (κ2) is 9.34. The number of fused-ring (bicyclic) bond motifs is 1. The number of ether oxygens (including phenoxy) is 1. The van der Waals surface area contributed by atoms with Gasteiger partial charge in [0.05, 0.1) is 0 Å². The SMILES string of the molecule is O=C(Cn1cccn1)N(CCCN1CCc2ccccc2C1)C1CCOCC1. The Hall–Kier alpha value is -2.18. The van der Waals surface area contributed by atoms with E-state index in [9.17, 15) is 4.79 Å². The van der Waals surface area contributed by atoms with Gasteiger partial charge in [0, 0.05) is 57.8 Å². The second-order valence-corrected chi connectivity index (χ2v) is 7.78. The lowest BCUT2D eigenvalue weighted by atomic mass is 10.00. The van der Waals surface area contributed by atoms with Gasteiger partial charge in [-0.2, -0.15) is 5.10 Å². The molecule has 3 heterocycles. The highest BCUT2D eigenvalue weighted by molar-refractivity contribution is 5.76. The van der Waals surface area contributed by atoms with Gasteiger partial charge in [-0.15, -0.1) is 0 Å². The summed E-state index contributed by atoms with van der Waals surface area (Å²) in [6.07, 6.45) is 7.57. The second-order valence-electron chi connectivity index (χ2n) is 7.78. The highest BCUT2D eigenvalue weighted by Crippen LogP contribution is 2.19. The van der Waals surface area contributed by atoms with Gasteiger partial charge in [-0.05, 0) is 42.9 Å². The average molecular weight is 383 g/mol. The van der Waals surface area contributed by atoms with Crippen molar-refractivity contribution in [1.29, 1.82) is 0 Å². The Kier molecular flexibility index (Phi) is 6.39. The molecule has 6 heteroatoms. The molecule has 4 rings (SSSR count). The third-order valence-electron chi connectivity index (χ3n) is 5.89. The van der Waals surface area contributed by atoms with Crippen LogP contribution >= 0.6 is 0 Å². The number of rotatable bonds is 7. The predicted octanol–water partition coefficient (Wildman–Crippen LogP) is 2.34. The maximum absolute atomic E-state index is 13.0. The fraction of sp³-hybridized carbons (Fsp3) is 0.545. The molecule has 1 aromatic heterocycles.